The highest BCUT2D eigenvalue weighted by Gasteiger charge is 2.19. The lowest BCUT2D eigenvalue weighted by Crippen LogP contribution is -2.24. The number of hydrogen-bond acceptors (Lipinski definition) is 3. The van der Waals surface area contributed by atoms with Crippen LogP contribution < -0.4 is 5.32 Å². The molecule has 2 rings (SSSR count). The van der Waals surface area contributed by atoms with Gasteiger partial charge in [0, 0.05) is 18.2 Å². The van der Waals surface area contributed by atoms with Crippen LogP contribution in [0.4, 0.5) is 0 Å². The van der Waals surface area contributed by atoms with E-state index in [1.807, 2.05) is 6.92 Å². The second-order valence-corrected chi connectivity index (χ2v) is 4.82. The Morgan fingerprint density at radius 2 is 2.31 bits per heavy atom. The summed E-state index contributed by atoms with van der Waals surface area (Å²) in [7, 11) is 2.17. The summed E-state index contributed by atoms with van der Waals surface area (Å²) in [6, 6.07) is 2.90. The Morgan fingerprint density at radius 1 is 1.50 bits per heavy atom. The van der Waals surface area contributed by atoms with E-state index in [1.54, 1.807) is 6.26 Å². The predicted molar refractivity (Wildman–Crippen MR) is 65.4 cm³/mol. The molecule has 0 bridgehead atoms. The minimum absolute atomic E-state index is 0.835. The predicted octanol–water partition coefficient (Wildman–Crippen LogP) is 2.16. The van der Waals surface area contributed by atoms with Gasteiger partial charge in [-0.25, -0.2) is 0 Å². The molecule has 0 amide bonds. The van der Waals surface area contributed by atoms with Crippen LogP contribution >= 0.6 is 0 Å². The Bertz CT molecular complexity index is 317. The van der Waals surface area contributed by atoms with E-state index in [2.05, 4.69) is 23.3 Å². The van der Waals surface area contributed by atoms with Crippen LogP contribution in [-0.4, -0.2) is 31.1 Å². The molecule has 0 saturated heterocycles. The molecule has 1 aromatic heterocycles. The molecule has 3 nitrogen and oxygen atoms in total. The molecule has 1 aliphatic rings. The summed E-state index contributed by atoms with van der Waals surface area (Å²) in [5.74, 6) is 1.04. The van der Waals surface area contributed by atoms with Crippen LogP contribution in [-0.2, 0) is 6.54 Å². The van der Waals surface area contributed by atoms with Gasteiger partial charge in [-0.05, 0) is 52.4 Å². The molecule has 0 aromatic carbocycles. The Morgan fingerprint density at radius 3 is 2.94 bits per heavy atom. The van der Waals surface area contributed by atoms with Crippen LogP contribution in [0.15, 0.2) is 16.7 Å². The number of hydrogen-bond donors (Lipinski definition) is 1. The van der Waals surface area contributed by atoms with Crippen LogP contribution in [0.5, 0.6) is 0 Å². The lowest BCUT2D eigenvalue weighted by Gasteiger charge is -2.16. The SMILES string of the molecule is Cc1occc1CN(C)CCCNC1CC1. The second-order valence-electron chi connectivity index (χ2n) is 4.82. The molecular weight excluding hydrogens is 200 g/mol. The summed E-state index contributed by atoms with van der Waals surface area (Å²) in [4.78, 5) is 2.35. The van der Waals surface area contributed by atoms with Crippen molar-refractivity contribution in [1.29, 1.82) is 0 Å². The number of rotatable bonds is 7. The fraction of sp³-hybridized carbons (Fsp3) is 0.692. The zero-order chi connectivity index (χ0) is 11.4. The van der Waals surface area contributed by atoms with Gasteiger partial charge in [0.05, 0.1) is 6.26 Å². The zero-order valence-corrected chi connectivity index (χ0v) is 10.3. The maximum absolute atomic E-state index is 5.29. The van der Waals surface area contributed by atoms with E-state index >= 15 is 0 Å². The Balaban J connectivity index is 1.60. The molecule has 1 heterocycles. The third-order valence-electron chi connectivity index (χ3n) is 3.13. The molecule has 1 fully saturated rings. The first-order valence-electron chi connectivity index (χ1n) is 6.20. The highest BCUT2D eigenvalue weighted by molar-refractivity contribution is 5.14. The number of aryl methyl sites for hydroxylation is 1. The van der Waals surface area contributed by atoms with Crippen molar-refractivity contribution >= 4 is 0 Å². The van der Waals surface area contributed by atoms with Gasteiger partial charge < -0.3 is 14.6 Å². The maximum atomic E-state index is 5.29. The first-order valence-corrected chi connectivity index (χ1v) is 6.20. The first-order chi connectivity index (χ1) is 7.75. The van der Waals surface area contributed by atoms with Crippen LogP contribution in [0.25, 0.3) is 0 Å². The molecule has 0 unspecified atom stereocenters. The van der Waals surface area contributed by atoms with E-state index in [-0.39, 0.29) is 0 Å². The minimum atomic E-state index is 0.835. The number of furan rings is 1. The monoisotopic (exact) mass is 222 g/mol. The largest absolute Gasteiger partial charge is 0.469 e. The van der Waals surface area contributed by atoms with Crippen molar-refractivity contribution in [1.82, 2.24) is 10.2 Å². The summed E-state index contributed by atoms with van der Waals surface area (Å²) >= 11 is 0. The molecule has 0 spiro atoms. The van der Waals surface area contributed by atoms with E-state index in [4.69, 9.17) is 4.42 Å². The molecule has 1 saturated carbocycles. The normalized spacial score (nSPS) is 15.9. The molecule has 0 radical (unpaired) electrons. The van der Waals surface area contributed by atoms with E-state index in [9.17, 15) is 0 Å². The number of nitrogens with zero attached hydrogens (tertiary/aromatic N) is 1. The Kier molecular flexibility index (Phi) is 4.02. The average molecular weight is 222 g/mol. The summed E-state index contributed by atoms with van der Waals surface area (Å²) < 4.78 is 5.29. The zero-order valence-electron chi connectivity index (χ0n) is 10.3. The van der Waals surface area contributed by atoms with Crippen molar-refractivity contribution in [2.45, 2.75) is 38.8 Å². The van der Waals surface area contributed by atoms with Crippen molar-refractivity contribution in [3.05, 3.63) is 23.7 Å². The molecule has 90 valence electrons. The molecule has 16 heavy (non-hydrogen) atoms. The smallest absolute Gasteiger partial charge is 0.105 e. The molecular formula is C13H22N2O. The van der Waals surface area contributed by atoms with Crippen LogP contribution in [0.2, 0.25) is 0 Å². The highest BCUT2D eigenvalue weighted by Crippen LogP contribution is 2.18. The molecule has 3 heteroatoms. The third kappa shape index (κ3) is 3.65. The van der Waals surface area contributed by atoms with Crippen LogP contribution in [0.1, 0.15) is 30.6 Å². The van der Waals surface area contributed by atoms with Crippen molar-refractivity contribution in [3.63, 3.8) is 0 Å². The number of nitrogens with one attached hydrogen (secondary N) is 1. The van der Waals surface area contributed by atoms with Crippen molar-refractivity contribution in [3.8, 4) is 0 Å². The second kappa shape index (κ2) is 5.51. The average Bonchev–Trinajstić information content (AvgIpc) is 3.00. The minimum Gasteiger partial charge on any atom is -0.469 e. The van der Waals surface area contributed by atoms with Gasteiger partial charge in [0.15, 0.2) is 0 Å². The Hall–Kier alpha value is -0.800. The van der Waals surface area contributed by atoms with Crippen molar-refractivity contribution in [2.75, 3.05) is 20.1 Å². The Labute approximate surface area is 97.8 Å². The molecule has 1 aliphatic carbocycles. The fourth-order valence-electron chi connectivity index (χ4n) is 1.89. The highest BCUT2D eigenvalue weighted by atomic mass is 16.3. The summed E-state index contributed by atoms with van der Waals surface area (Å²) in [6.45, 7) is 5.31. The lowest BCUT2D eigenvalue weighted by atomic mass is 10.2. The summed E-state index contributed by atoms with van der Waals surface area (Å²) in [5.41, 5.74) is 1.30. The van der Waals surface area contributed by atoms with Gasteiger partial charge in [-0.15, -0.1) is 0 Å². The quantitative estimate of drug-likeness (QED) is 0.717. The lowest BCUT2D eigenvalue weighted by molar-refractivity contribution is 0.317. The molecule has 1 N–H and O–H groups in total. The van der Waals surface area contributed by atoms with Crippen LogP contribution in [0, 0.1) is 6.92 Å². The van der Waals surface area contributed by atoms with Gasteiger partial charge in [-0.3, -0.25) is 0 Å². The van der Waals surface area contributed by atoms with E-state index < -0.39 is 0 Å². The van der Waals surface area contributed by atoms with Gasteiger partial charge in [-0.2, -0.15) is 0 Å². The van der Waals surface area contributed by atoms with Gasteiger partial charge in [-0.1, -0.05) is 0 Å². The van der Waals surface area contributed by atoms with Crippen LogP contribution in [0.3, 0.4) is 0 Å². The van der Waals surface area contributed by atoms with Gasteiger partial charge in [0.25, 0.3) is 0 Å². The third-order valence-corrected chi connectivity index (χ3v) is 3.13. The van der Waals surface area contributed by atoms with Crippen molar-refractivity contribution < 1.29 is 4.42 Å². The van der Waals surface area contributed by atoms with E-state index in [1.165, 1.54) is 24.8 Å². The molecule has 0 aliphatic heterocycles. The first kappa shape index (κ1) is 11.7. The van der Waals surface area contributed by atoms with Crippen molar-refractivity contribution in [2.24, 2.45) is 0 Å². The standard InChI is InChI=1S/C13H22N2O/c1-11-12(6-9-16-11)10-15(2)8-3-7-14-13-4-5-13/h6,9,13-14H,3-5,7-8,10H2,1-2H3. The molecule has 0 atom stereocenters. The summed E-state index contributed by atoms with van der Waals surface area (Å²) in [5, 5.41) is 3.54. The van der Waals surface area contributed by atoms with E-state index in [0.717, 1.165) is 31.4 Å². The van der Waals surface area contributed by atoms with Gasteiger partial charge in [0.1, 0.15) is 5.76 Å². The van der Waals surface area contributed by atoms with Gasteiger partial charge >= 0.3 is 0 Å². The van der Waals surface area contributed by atoms with Gasteiger partial charge in [0.2, 0.25) is 0 Å². The maximum Gasteiger partial charge on any atom is 0.105 e. The van der Waals surface area contributed by atoms with E-state index in [0.29, 0.717) is 0 Å². The molecule has 1 aromatic rings. The summed E-state index contributed by atoms with van der Waals surface area (Å²) in [6.07, 6.45) is 5.76. The topological polar surface area (TPSA) is 28.4 Å². The fourth-order valence-corrected chi connectivity index (χ4v) is 1.89.